The molecular formula is C18H29ClN2O2. The van der Waals surface area contributed by atoms with Crippen molar-refractivity contribution < 1.29 is 9.53 Å². The van der Waals surface area contributed by atoms with Crippen molar-refractivity contribution in [1.29, 1.82) is 0 Å². The van der Waals surface area contributed by atoms with Crippen LogP contribution in [-0.2, 0) is 4.79 Å². The Kier molecular flexibility index (Phi) is 8.42. The number of ether oxygens (including phenoxy) is 1. The first-order valence-electron chi connectivity index (χ1n) is 8.27. The van der Waals surface area contributed by atoms with Crippen LogP contribution in [0.4, 0.5) is 0 Å². The molecule has 2 rings (SSSR count). The number of carbonyl (C=O) groups excluding carboxylic acids is 1. The number of hydrogen-bond donors (Lipinski definition) is 1. The molecule has 1 unspecified atom stereocenters. The Labute approximate surface area is 146 Å². The minimum atomic E-state index is -0.420. The normalized spacial score (nSPS) is 16.6. The summed E-state index contributed by atoms with van der Waals surface area (Å²) in [6, 6.07) is 7.84. The summed E-state index contributed by atoms with van der Waals surface area (Å²) < 4.78 is 5.77. The van der Waals surface area contributed by atoms with E-state index < -0.39 is 6.10 Å². The van der Waals surface area contributed by atoms with Gasteiger partial charge < -0.3 is 15.0 Å². The van der Waals surface area contributed by atoms with Gasteiger partial charge in [-0.25, -0.2) is 0 Å². The average Bonchev–Trinajstić information content (AvgIpc) is 2.55. The molecule has 0 aliphatic carbocycles. The van der Waals surface area contributed by atoms with Gasteiger partial charge in [0.05, 0.1) is 0 Å². The summed E-state index contributed by atoms with van der Waals surface area (Å²) in [5.74, 6) is 1.60. The van der Waals surface area contributed by atoms with E-state index in [1.807, 2.05) is 50.1 Å². The molecule has 130 valence electrons. The van der Waals surface area contributed by atoms with Gasteiger partial charge in [-0.2, -0.15) is 0 Å². The number of likely N-dealkylation sites (tertiary alicyclic amines) is 1. The first kappa shape index (κ1) is 19.8. The summed E-state index contributed by atoms with van der Waals surface area (Å²) in [7, 11) is 1.99. The number of carbonyl (C=O) groups is 1. The topological polar surface area (TPSA) is 41.6 Å². The van der Waals surface area contributed by atoms with Gasteiger partial charge in [-0.05, 0) is 64.8 Å². The van der Waals surface area contributed by atoms with Crippen LogP contribution in [-0.4, -0.2) is 43.6 Å². The zero-order valence-electron chi connectivity index (χ0n) is 14.4. The van der Waals surface area contributed by atoms with Crippen molar-refractivity contribution in [2.24, 2.45) is 5.92 Å². The number of halogens is 1. The van der Waals surface area contributed by atoms with Crippen molar-refractivity contribution in [3.8, 4) is 5.75 Å². The molecule has 0 aromatic heterocycles. The van der Waals surface area contributed by atoms with Crippen LogP contribution < -0.4 is 10.1 Å². The molecule has 1 fully saturated rings. The highest BCUT2D eigenvalue weighted by Gasteiger charge is 2.26. The standard InChI is InChI=1S/C18H28N2O2.ClH/c1-14-4-6-17(7-5-14)22-15(2)18(21)20-12-9-16(10-13-20)8-11-19-3;/h4-7,15-16,19H,8-13H2,1-3H3;1H. The van der Waals surface area contributed by atoms with E-state index in [-0.39, 0.29) is 18.3 Å². The fourth-order valence-electron chi connectivity index (χ4n) is 2.92. The van der Waals surface area contributed by atoms with Crippen molar-refractivity contribution >= 4 is 18.3 Å². The second kappa shape index (κ2) is 9.78. The molecule has 0 saturated carbocycles. The molecule has 0 bridgehead atoms. The molecule has 1 aromatic carbocycles. The third kappa shape index (κ3) is 6.04. The van der Waals surface area contributed by atoms with Crippen molar-refractivity contribution in [3.05, 3.63) is 29.8 Å². The Balaban J connectivity index is 0.00000264. The molecule has 1 atom stereocenters. The zero-order chi connectivity index (χ0) is 15.9. The second-order valence-electron chi connectivity index (χ2n) is 6.23. The molecule has 1 heterocycles. The van der Waals surface area contributed by atoms with E-state index in [2.05, 4.69) is 5.32 Å². The van der Waals surface area contributed by atoms with E-state index >= 15 is 0 Å². The van der Waals surface area contributed by atoms with Crippen molar-refractivity contribution in [1.82, 2.24) is 10.2 Å². The Morgan fingerprint density at radius 3 is 2.48 bits per heavy atom. The van der Waals surface area contributed by atoms with E-state index in [1.54, 1.807) is 0 Å². The van der Waals surface area contributed by atoms with E-state index in [0.29, 0.717) is 0 Å². The summed E-state index contributed by atoms with van der Waals surface area (Å²) in [6.45, 7) is 6.65. The van der Waals surface area contributed by atoms with Crippen LogP contribution in [0.25, 0.3) is 0 Å². The van der Waals surface area contributed by atoms with Crippen LogP contribution in [0.15, 0.2) is 24.3 Å². The molecule has 0 spiro atoms. The Bertz CT molecular complexity index is 470. The summed E-state index contributed by atoms with van der Waals surface area (Å²) in [5, 5.41) is 3.20. The van der Waals surface area contributed by atoms with Crippen molar-refractivity contribution in [2.45, 2.75) is 39.2 Å². The number of amides is 1. The predicted octanol–water partition coefficient (Wildman–Crippen LogP) is 3.03. The van der Waals surface area contributed by atoms with Gasteiger partial charge in [-0.15, -0.1) is 12.4 Å². The van der Waals surface area contributed by atoms with Crippen LogP contribution in [0, 0.1) is 12.8 Å². The molecule has 1 saturated heterocycles. The molecule has 1 aliphatic rings. The molecule has 23 heavy (non-hydrogen) atoms. The van der Waals surface area contributed by atoms with Gasteiger partial charge in [-0.3, -0.25) is 4.79 Å². The average molecular weight is 341 g/mol. The molecule has 1 amide bonds. The van der Waals surface area contributed by atoms with Crippen LogP contribution >= 0.6 is 12.4 Å². The maximum atomic E-state index is 12.5. The Morgan fingerprint density at radius 1 is 1.30 bits per heavy atom. The maximum absolute atomic E-state index is 12.5. The van der Waals surface area contributed by atoms with E-state index in [9.17, 15) is 4.79 Å². The smallest absolute Gasteiger partial charge is 0.263 e. The monoisotopic (exact) mass is 340 g/mol. The van der Waals surface area contributed by atoms with Gasteiger partial charge >= 0.3 is 0 Å². The molecule has 1 N–H and O–H groups in total. The van der Waals surface area contributed by atoms with Gasteiger partial charge in [0.15, 0.2) is 6.10 Å². The van der Waals surface area contributed by atoms with Crippen LogP contribution in [0.3, 0.4) is 0 Å². The maximum Gasteiger partial charge on any atom is 0.263 e. The van der Waals surface area contributed by atoms with Gasteiger partial charge in [0.1, 0.15) is 5.75 Å². The molecule has 0 radical (unpaired) electrons. The quantitative estimate of drug-likeness (QED) is 0.865. The third-order valence-corrected chi connectivity index (χ3v) is 4.41. The zero-order valence-corrected chi connectivity index (χ0v) is 15.2. The first-order chi connectivity index (χ1) is 10.6. The number of rotatable bonds is 6. The van der Waals surface area contributed by atoms with Crippen LogP contribution in [0.5, 0.6) is 5.75 Å². The third-order valence-electron chi connectivity index (χ3n) is 4.41. The highest BCUT2D eigenvalue weighted by Crippen LogP contribution is 2.21. The first-order valence-corrected chi connectivity index (χ1v) is 8.27. The fraction of sp³-hybridized carbons (Fsp3) is 0.611. The minimum Gasteiger partial charge on any atom is -0.481 e. The largest absolute Gasteiger partial charge is 0.481 e. The number of nitrogens with one attached hydrogen (secondary N) is 1. The van der Waals surface area contributed by atoms with Gasteiger partial charge in [0.25, 0.3) is 5.91 Å². The van der Waals surface area contributed by atoms with Crippen LogP contribution in [0.2, 0.25) is 0 Å². The lowest BCUT2D eigenvalue weighted by Gasteiger charge is -2.33. The fourth-order valence-corrected chi connectivity index (χ4v) is 2.92. The molecular weight excluding hydrogens is 312 g/mol. The summed E-state index contributed by atoms with van der Waals surface area (Å²) in [4.78, 5) is 14.4. The lowest BCUT2D eigenvalue weighted by molar-refractivity contribution is -0.139. The lowest BCUT2D eigenvalue weighted by Crippen LogP contribution is -2.45. The number of nitrogens with zero attached hydrogens (tertiary/aromatic N) is 1. The van der Waals surface area contributed by atoms with E-state index in [4.69, 9.17) is 4.74 Å². The van der Waals surface area contributed by atoms with E-state index in [0.717, 1.165) is 44.1 Å². The SMILES string of the molecule is CNCCC1CCN(C(=O)C(C)Oc2ccc(C)cc2)CC1.Cl. The van der Waals surface area contributed by atoms with Crippen molar-refractivity contribution in [2.75, 3.05) is 26.7 Å². The van der Waals surface area contributed by atoms with Gasteiger partial charge in [0.2, 0.25) is 0 Å². The Hall–Kier alpha value is -1.26. The van der Waals surface area contributed by atoms with E-state index in [1.165, 1.54) is 12.0 Å². The molecule has 1 aromatic rings. The minimum absolute atomic E-state index is 0. The number of benzene rings is 1. The number of aryl methyl sites for hydroxylation is 1. The Morgan fingerprint density at radius 2 is 1.91 bits per heavy atom. The number of hydrogen-bond acceptors (Lipinski definition) is 3. The molecule has 5 heteroatoms. The van der Waals surface area contributed by atoms with Crippen molar-refractivity contribution in [3.63, 3.8) is 0 Å². The van der Waals surface area contributed by atoms with Crippen LogP contribution in [0.1, 0.15) is 31.7 Å². The highest BCUT2D eigenvalue weighted by molar-refractivity contribution is 5.85. The second-order valence-corrected chi connectivity index (χ2v) is 6.23. The predicted molar refractivity (Wildman–Crippen MR) is 96.4 cm³/mol. The number of piperidine rings is 1. The molecule has 4 nitrogen and oxygen atoms in total. The summed E-state index contributed by atoms with van der Waals surface area (Å²) in [5.41, 5.74) is 1.19. The highest BCUT2D eigenvalue weighted by atomic mass is 35.5. The van der Waals surface area contributed by atoms with Gasteiger partial charge in [-0.1, -0.05) is 17.7 Å². The van der Waals surface area contributed by atoms with Gasteiger partial charge in [0, 0.05) is 13.1 Å². The summed E-state index contributed by atoms with van der Waals surface area (Å²) in [6.07, 6.45) is 2.99. The molecule has 1 aliphatic heterocycles. The lowest BCUT2D eigenvalue weighted by atomic mass is 9.93. The summed E-state index contributed by atoms with van der Waals surface area (Å²) >= 11 is 0.